The highest BCUT2D eigenvalue weighted by Gasteiger charge is 2.24. The smallest absolute Gasteiger partial charge is 0.264 e. The maximum Gasteiger partial charge on any atom is 0.264 e. The SMILES string of the molecule is C=CCc1cc(/C=C2\SC(=Nc3ccc(CC)cc3)NC2=O)ccc1OCc1ccccc1F. The summed E-state index contributed by atoms with van der Waals surface area (Å²) in [7, 11) is 0. The predicted octanol–water partition coefficient (Wildman–Crippen LogP) is 6.59. The molecule has 34 heavy (non-hydrogen) atoms. The fraction of sp³-hybridized carbons (Fsp3) is 0.143. The van der Waals surface area contributed by atoms with Crippen LogP contribution in [0, 0.1) is 5.82 Å². The van der Waals surface area contributed by atoms with Crippen molar-refractivity contribution >= 4 is 34.6 Å². The molecule has 1 N–H and O–H groups in total. The molecular weight excluding hydrogens is 447 g/mol. The van der Waals surface area contributed by atoms with Crippen LogP contribution >= 0.6 is 11.8 Å². The topological polar surface area (TPSA) is 50.7 Å². The zero-order chi connectivity index (χ0) is 23.9. The molecule has 3 aromatic carbocycles. The van der Waals surface area contributed by atoms with Crippen LogP contribution in [0.15, 0.2) is 89.3 Å². The summed E-state index contributed by atoms with van der Waals surface area (Å²) >= 11 is 1.31. The molecule has 0 radical (unpaired) electrons. The number of allylic oxidation sites excluding steroid dienone is 1. The molecule has 0 unspecified atom stereocenters. The number of hydrogen-bond donors (Lipinski definition) is 1. The largest absolute Gasteiger partial charge is 0.489 e. The monoisotopic (exact) mass is 472 g/mol. The molecule has 6 heteroatoms. The van der Waals surface area contributed by atoms with Crippen LogP contribution in [0.25, 0.3) is 6.08 Å². The van der Waals surface area contributed by atoms with Crippen molar-refractivity contribution in [2.24, 2.45) is 4.99 Å². The molecule has 4 rings (SSSR count). The van der Waals surface area contributed by atoms with E-state index in [1.165, 1.54) is 23.4 Å². The Hall–Kier alpha value is -3.64. The zero-order valence-electron chi connectivity index (χ0n) is 18.9. The van der Waals surface area contributed by atoms with E-state index in [4.69, 9.17) is 4.74 Å². The van der Waals surface area contributed by atoms with Gasteiger partial charge in [-0.05, 0) is 77.7 Å². The number of hydrogen-bond acceptors (Lipinski definition) is 4. The summed E-state index contributed by atoms with van der Waals surface area (Å²) in [5.41, 5.74) is 4.30. The van der Waals surface area contributed by atoms with Gasteiger partial charge < -0.3 is 10.1 Å². The number of halogens is 1. The first-order chi connectivity index (χ1) is 16.6. The lowest BCUT2D eigenvalue weighted by molar-refractivity contribution is -0.115. The summed E-state index contributed by atoms with van der Waals surface area (Å²) in [6, 6.07) is 20.2. The maximum absolute atomic E-state index is 13.9. The van der Waals surface area contributed by atoms with Crippen LogP contribution in [0.3, 0.4) is 0 Å². The fourth-order valence-corrected chi connectivity index (χ4v) is 4.31. The molecule has 172 valence electrons. The van der Waals surface area contributed by atoms with Crippen LogP contribution in [0.4, 0.5) is 10.1 Å². The second-order valence-corrected chi connectivity index (χ2v) is 8.77. The van der Waals surface area contributed by atoms with Gasteiger partial charge in [0.05, 0.1) is 10.6 Å². The molecule has 1 aliphatic rings. The molecule has 0 bridgehead atoms. The van der Waals surface area contributed by atoms with Crippen molar-refractivity contribution in [3.8, 4) is 5.75 Å². The van der Waals surface area contributed by atoms with Gasteiger partial charge in [-0.3, -0.25) is 4.79 Å². The van der Waals surface area contributed by atoms with Crippen LogP contribution in [0.5, 0.6) is 5.75 Å². The van der Waals surface area contributed by atoms with E-state index in [0.717, 1.165) is 23.2 Å². The van der Waals surface area contributed by atoms with Crippen molar-refractivity contribution in [1.82, 2.24) is 5.32 Å². The second kappa shape index (κ2) is 11.0. The minimum atomic E-state index is -0.294. The highest BCUT2D eigenvalue weighted by Crippen LogP contribution is 2.30. The zero-order valence-corrected chi connectivity index (χ0v) is 19.7. The molecule has 3 aromatic rings. The van der Waals surface area contributed by atoms with Crippen molar-refractivity contribution in [3.05, 3.63) is 112 Å². The van der Waals surface area contributed by atoms with Gasteiger partial charge in [0.15, 0.2) is 5.17 Å². The minimum Gasteiger partial charge on any atom is -0.489 e. The van der Waals surface area contributed by atoms with Crippen LogP contribution in [-0.4, -0.2) is 11.1 Å². The summed E-state index contributed by atoms with van der Waals surface area (Å²) in [5, 5.41) is 3.38. The van der Waals surface area contributed by atoms with Gasteiger partial charge in [0.1, 0.15) is 18.2 Å². The van der Waals surface area contributed by atoms with Crippen molar-refractivity contribution in [2.75, 3.05) is 0 Å². The normalized spacial score (nSPS) is 15.5. The van der Waals surface area contributed by atoms with E-state index in [9.17, 15) is 9.18 Å². The van der Waals surface area contributed by atoms with Gasteiger partial charge >= 0.3 is 0 Å². The predicted molar refractivity (Wildman–Crippen MR) is 138 cm³/mol. The molecule has 0 aliphatic carbocycles. The number of thioether (sulfide) groups is 1. The van der Waals surface area contributed by atoms with E-state index in [1.54, 1.807) is 24.3 Å². The first-order valence-corrected chi connectivity index (χ1v) is 11.9. The Morgan fingerprint density at radius 2 is 1.88 bits per heavy atom. The average Bonchev–Trinajstić information content (AvgIpc) is 3.18. The summed E-state index contributed by atoms with van der Waals surface area (Å²) in [6.07, 6.45) is 5.17. The number of carbonyl (C=O) groups excluding carboxylic acids is 1. The van der Waals surface area contributed by atoms with Gasteiger partial charge in [0, 0.05) is 5.56 Å². The molecule has 0 atom stereocenters. The van der Waals surface area contributed by atoms with Crippen LogP contribution < -0.4 is 10.1 Å². The van der Waals surface area contributed by atoms with Crippen LogP contribution in [0.2, 0.25) is 0 Å². The second-order valence-electron chi connectivity index (χ2n) is 7.74. The Kier molecular flexibility index (Phi) is 7.60. The van der Waals surface area contributed by atoms with Gasteiger partial charge in [0.25, 0.3) is 5.91 Å². The summed E-state index contributed by atoms with van der Waals surface area (Å²) in [6.45, 7) is 6.06. The third kappa shape index (κ3) is 5.83. The number of rotatable bonds is 8. The molecule has 1 amide bonds. The highest BCUT2D eigenvalue weighted by molar-refractivity contribution is 8.18. The Balaban J connectivity index is 1.50. The number of ether oxygens (including phenoxy) is 1. The average molecular weight is 473 g/mol. The summed E-state index contributed by atoms with van der Waals surface area (Å²) in [5.74, 6) is 0.183. The van der Waals surface area contributed by atoms with Crippen molar-refractivity contribution in [3.63, 3.8) is 0 Å². The quantitative estimate of drug-likeness (QED) is 0.297. The molecule has 0 saturated carbocycles. The Morgan fingerprint density at radius 3 is 2.62 bits per heavy atom. The van der Waals surface area contributed by atoms with Gasteiger partial charge in [-0.25, -0.2) is 9.38 Å². The van der Waals surface area contributed by atoms with Gasteiger partial charge in [-0.2, -0.15) is 0 Å². The van der Waals surface area contributed by atoms with Gasteiger partial charge in [-0.1, -0.05) is 49.4 Å². The highest BCUT2D eigenvalue weighted by atomic mass is 32.2. The number of amidine groups is 1. The van der Waals surface area contributed by atoms with Crippen molar-refractivity contribution < 1.29 is 13.9 Å². The van der Waals surface area contributed by atoms with E-state index in [0.29, 0.717) is 27.8 Å². The van der Waals surface area contributed by atoms with Crippen LogP contribution in [0.1, 0.15) is 29.2 Å². The number of nitrogens with one attached hydrogen (secondary N) is 1. The first-order valence-electron chi connectivity index (χ1n) is 11.0. The number of nitrogens with zero attached hydrogens (tertiary/aromatic N) is 1. The molecule has 1 fully saturated rings. The van der Waals surface area contributed by atoms with Crippen molar-refractivity contribution in [2.45, 2.75) is 26.4 Å². The first kappa shape index (κ1) is 23.5. The molecule has 4 nitrogen and oxygen atoms in total. The lowest BCUT2D eigenvalue weighted by Crippen LogP contribution is -2.19. The van der Waals surface area contributed by atoms with E-state index in [1.807, 2.05) is 48.5 Å². The standard InChI is InChI=1S/C28H25FN2O2S/c1-3-7-21-16-20(12-15-25(21)33-18-22-8-5-6-9-24(22)29)17-26-27(32)31-28(34-26)30-23-13-10-19(4-2)11-14-23/h3,5-6,8-17H,1,4,7,18H2,2H3,(H,30,31,32)/b26-17-. The lowest BCUT2D eigenvalue weighted by Gasteiger charge is -2.12. The van der Waals surface area contributed by atoms with E-state index in [-0.39, 0.29) is 18.3 Å². The number of amides is 1. The molecule has 0 spiro atoms. The van der Waals surface area contributed by atoms with E-state index < -0.39 is 0 Å². The fourth-order valence-electron chi connectivity index (χ4n) is 3.47. The Morgan fingerprint density at radius 1 is 1.09 bits per heavy atom. The maximum atomic E-state index is 13.9. The van der Waals surface area contributed by atoms with E-state index >= 15 is 0 Å². The summed E-state index contributed by atoms with van der Waals surface area (Å²) in [4.78, 5) is 17.6. The van der Waals surface area contributed by atoms with Crippen LogP contribution in [-0.2, 0) is 24.2 Å². The third-order valence-corrected chi connectivity index (χ3v) is 6.22. The molecule has 0 aromatic heterocycles. The van der Waals surface area contributed by atoms with E-state index in [2.05, 4.69) is 23.8 Å². The van der Waals surface area contributed by atoms with Gasteiger partial charge in [0.2, 0.25) is 0 Å². The number of aliphatic imine (C=N–C) groups is 1. The third-order valence-electron chi connectivity index (χ3n) is 5.31. The minimum absolute atomic E-state index is 0.134. The molecule has 1 saturated heterocycles. The molecular formula is C28H25FN2O2S. The van der Waals surface area contributed by atoms with Crippen molar-refractivity contribution in [1.29, 1.82) is 0 Å². The molecule has 1 aliphatic heterocycles. The number of aryl methyl sites for hydroxylation is 1. The Labute approximate surface area is 203 Å². The Bertz CT molecular complexity index is 1270. The number of benzene rings is 3. The lowest BCUT2D eigenvalue weighted by atomic mass is 10.1. The molecule has 1 heterocycles. The van der Waals surface area contributed by atoms with Gasteiger partial charge in [-0.15, -0.1) is 6.58 Å². The number of carbonyl (C=O) groups is 1. The summed E-state index contributed by atoms with van der Waals surface area (Å²) < 4.78 is 19.8.